The van der Waals surface area contributed by atoms with Gasteiger partial charge in [-0.1, -0.05) is 19.1 Å². The first-order chi connectivity index (χ1) is 12.0. The van der Waals surface area contributed by atoms with Gasteiger partial charge in [-0.05, 0) is 37.1 Å². The third kappa shape index (κ3) is 4.29. The maximum absolute atomic E-state index is 12.7. The molecule has 1 N–H and O–H groups in total. The van der Waals surface area contributed by atoms with Crippen molar-refractivity contribution in [1.82, 2.24) is 9.88 Å². The third-order valence-corrected chi connectivity index (χ3v) is 4.55. The van der Waals surface area contributed by atoms with Crippen molar-refractivity contribution in [3.8, 4) is 5.75 Å². The molecule has 1 aromatic carbocycles. The molecule has 1 aliphatic rings. The van der Waals surface area contributed by atoms with Gasteiger partial charge in [-0.2, -0.15) is 0 Å². The molecular weight excluding hydrogens is 316 g/mol. The number of likely N-dealkylation sites (tertiary alicyclic amines) is 1. The third-order valence-electron chi connectivity index (χ3n) is 4.55. The number of rotatable bonds is 4. The Morgan fingerprint density at radius 1 is 1.24 bits per heavy atom. The van der Waals surface area contributed by atoms with Gasteiger partial charge < -0.3 is 14.6 Å². The van der Waals surface area contributed by atoms with Crippen LogP contribution in [0.1, 0.15) is 41.4 Å². The van der Waals surface area contributed by atoms with Gasteiger partial charge in [0.15, 0.2) is 0 Å². The molecule has 1 fully saturated rings. The molecule has 1 amide bonds. The molecule has 1 aliphatic heterocycles. The maximum Gasteiger partial charge on any atom is 0.254 e. The van der Waals surface area contributed by atoms with Gasteiger partial charge in [0.25, 0.3) is 5.91 Å². The van der Waals surface area contributed by atoms with Crippen LogP contribution in [0.2, 0.25) is 0 Å². The van der Waals surface area contributed by atoms with Crippen LogP contribution in [-0.2, 0) is 6.42 Å². The molecule has 0 saturated carbocycles. The van der Waals surface area contributed by atoms with E-state index in [1.54, 1.807) is 6.07 Å². The Bertz CT molecular complexity index is 805. The quantitative estimate of drug-likeness (QED) is 0.931. The van der Waals surface area contributed by atoms with Gasteiger partial charge in [0.2, 0.25) is 5.56 Å². The minimum atomic E-state index is -0.222. The number of aryl methyl sites for hydroxylation is 2. The van der Waals surface area contributed by atoms with E-state index in [1.165, 1.54) is 11.6 Å². The summed E-state index contributed by atoms with van der Waals surface area (Å²) in [5, 5.41) is 0. The van der Waals surface area contributed by atoms with Crippen molar-refractivity contribution in [2.45, 2.75) is 39.2 Å². The predicted molar refractivity (Wildman–Crippen MR) is 97.2 cm³/mol. The maximum atomic E-state index is 12.7. The molecule has 25 heavy (non-hydrogen) atoms. The summed E-state index contributed by atoms with van der Waals surface area (Å²) in [5.74, 6) is 0.807. The largest absolute Gasteiger partial charge is 0.490 e. The average Bonchev–Trinajstić information content (AvgIpc) is 2.61. The molecular formula is C20H24N2O3. The van der Waals surface area contributed by atoms with E-state index >= 15 is 0 Å². The number of H-pyrrole nitrogens is 1. The highest BCUT2D eigenvalue weighted by atomic mass is 16.5. The van der Waals surface area contributed by atoms with Crippen molar-refractivity contribution in [3.05, 3.63) is 63.6 Å². The molecule has 3 rings (SSSR count). The van der Waals surface area contributed by atoms with E-state index in [2.05, 4.69) is 4.98 Å². The summed E-state index contributed by atoms with van der Waals surface area (Å²) in [4.78, 5) is 28.9. The van der Waals surface area contributed by atoms with Crippen molar-refractivity contribution in [2.75, 3.05) is 13.1 Å². The molecule has 0 radical (unpaired) electrons. The van der Waals surface area contributed by atoms with Gasteiger partial charge in [0, 0.05) is 43.3 Å². The number of amides is 1. The summed E-state index contributed by atoms with van der Waals surface area (Å²) in [5.41, 5.74) is 2.21. The molecule has 132 valence electrons. The number of hydrogen-bond donors (Lipinski definition) is 1. The van der Waals surface area contributed by atoms with Crippen LogP contribution in [0, 0.1) is 6.92 Å². The summed E-state index contributed by atoms with van der Waals surface area (Å²) in [6.07, 6.45) is 2.41. The van der Waals surface area contributed by atoms with Gasteiger partial charge in [-0.3, -0.25) is 9.59 Å². The van der Waals surface area contributed by atoms with Crippen molar-refractivity contribution in [1.29, 1.82) is 0 Å². The molecule has 2 heterocycles. The Hall–Kier alpha value is -2.56. The average molecular weight is 340 g/mol. The molecule has 0 spiro atoms. The van der Waals surface area contributed by atoms with Crippen LogP contribution in [0.5, 0.6) is 5.75 Å². The van der Waals surface area contributed by atoms with E-state index in [9.17, 15) is 9.59 Å². The number of hydrogen-bond acceptors (Lipinski definition) is 3. The molecule has 0 unspecified atom stereocenters. The molecule has 5 nitrogen and oxygen atoms in total. The number of nitrogens with zero attached hydrogens (tertiary/aromatic N) is 1. The van der Waals surface area contributed by atoms with E-state index in [-0.39, 0.29) is 17.6 Å². The number of nitrogens with one attached hydrogen (secondary N) is 1. The highest BCUT2D eigenvalue weighted by Gasteiger charge is 2.25. The lowest BCUT2D eigenvalue weighted by atomic mass is 10.1. The van der Waals surface area contributed by atoms with Crippen molar-refractivity contribution < 1.29 is 9.53 Å². The Labute approximate surface area is 147 Å². The van der Waals surface area contributed by atoms with Crippen LogP contribution in [-0.4, -0.2) is 35.0 Å². The number of aromatic nitrogens is 1. The second-order valence-corrected chi connectivity index (χ2v) is 6.54. The molecule has 1 saturated heterocycles. The topological polar surface area (TPSA) is 62.4 Å². The predicted octanol–water partition coefficient (Wildman–Crippen LogP) is 2.93. The van der Waals surface area contributed by atoms with Gasteiger partial charge in [0.05, 0.1) is 0 Å². The SMILES string of the molecule is CCc1cc(C(=O)N2CCC(Oc3cccc(C)c3)CC2)cc(=O)[nH]1. The number of carbonyl (C=O) groups excluding carboxylic acids is 1. The minimum absolute atomic E-state index is 0.0743. The number of benzene rings is 1. The van der Waals surface area contributed by atoms with Crippen LogP contribution in [0.4, 0.5) is 0 Å². The molecule has 0 atom stereocenters. The fraction of sp³-hybridized carbons (Fsp3) is 0.400. The van der Waals surface area contributed by atoms with Crippen LogP contribution in [0.3, 0.4) is 0 Å². The lowest BCUT2D eigenvalue weighted by Gasteiger charge is -2.32. The first-order valence-corrected chi connectivity index (χ1v) is 8.81. The first kappa shape index (κ1) is 17.3. The molecule has 2 aromatic rings. The zero-order valence-electron chi connectivity index (χ0n) is 14.7. The van der Waals surface area contributed by atoms with E-state index in [4.69, 9.17) is 4.74 Å². The van der Waals surface area contributed by atoms with Gasteiger partial charge in [0.1, 0.15) is 11.9 Å². The number of pyridine rings is 1. The van der Waals surface area contributed by atoms with E-state index in [0.29, 0.717) is 25.1 Å². The zero-order chi connectivity index (χ0) is 17.8. The molecule has 5 heteroatoms. The van der Waals surface area contributed by atoms with Crippen molar-refractivity contribution in [2.24, 2.45) is 0 Å². The summed E-state index contributed by atoms with van der Waals surface area (Å²) < 4.78 is 6.03. The smallest absolute Gasteiger partial charge is 0.254 e. The highest BCUT2D eigenvalue weighted by Crippen LogP contribution is 2.21. The normalized spacial score (nSPS) is 15.2. The Morgan fingerprint density at radius 3 is 2.68 bits per heavy atom. The van der Waals surface area contributed by atoms with Crippen molar-refractivity contribution >= 4 is 5.91 Å². The van der Waals surface area contributed by atoms with Gasteiger partial charge in [-0.15, -0.1) is 0 Å². The van der Waals surface area contributed by atoms with Crippen molar-refractivity contribution in [3.63, 3.8) is 0 Å². The summed E-state index contributed by atoms with van der Waals surface area (Å²) in [7, 11) is 0. The number of aromatic amines is 1. The zero-order valence-corrected chi connectivity index (χ0v) is 14.7. The Kier molecular flexibility index (Phi) is 5.22. The summed E-state index contributed by atoms with van der Waals surface area (Å²) in [6, 6.07) is 11.2. The second kappa shape index (κ2) is 7.55. The van der Waals surface area contributed by atoms with E-state index in [0.717, 1.165) is 24.3 Å². The van der Waals surface area contributed by atoms with Gasteiger partial charge >= 0.3 is 0 Å². The summed E-state index contributed by atoms with van der Waals surface area (Å²) in [6.45, 7) is 5.28. The van der Waals surface area contributed by atoms with E-state index < -0.39 is 0 Å². The molecule has 0 aliphatic carbocycles. The van der Waals surface area contributed by atoms with E-state index in [1.807, 2.05) is 43.0 Å². The fourth-order valence-corrected chi connectivity index (χ4v) is 3.16. The molecule has 0 bridgehead atoms. The lowest BCUT2D eigenvalue weighted by molar-refractivity contribution is 0.0595. The Balaban J connectivity index is 1.61. The standard InChI is InChI=1S/C20H24N2O3/c1-3-16-12-15(13-19(23)21-16)20(24)22-9-7-17(8-10-22)25-18-6-4-5-14(2)11-18/h4-6,11-13,17H,3,7-10H2,1-2H3,(H,21,23). The number of piperidine rings is 1. The lowest BCUT2D eigenvalue weighted by Crippen LogP contribution is -2.42. The summed E-state index contributed by atoms with van der Waals surface area (Å²) >= 11 is 0. The number of ether oxygens (including phenoxy) is 1. The Morgan fingerprint density at radius 2 is 2.00 bits per heavy atom. The fourth-order valence-electron chi connectivity index (χ4n) is 3.16. The van der Waals surface area contributed by atoms with Gasteiger partial charge in [-0.25, -0.2) is 0 Å². The van der Waals surface area contributed by atoms with Crippen LogP contribution < -0.4 is 10.3 Å². The monoisotopic (exact) mass is 340 g/mol. The highest BCUT2D eigenvalue weighted by molar-refractivity contribution is 5.94. The van der Waals surface area contributed by atoms with Crippen LogP contribution in [0.15, 0.2) is 41.2 Å². The molecule has 1 aromatic heterocycles. The number of carbonyl (C=O) groups is 1. The first-order valence-electron chi connectivity index (χ1n) is 8.81. The second-order valence-electron chi connectivity index (χ2n) is 6.54. The van der Waals surface area contributed by atoms with Crippen LogP contribution >= 0.6 is 0 Å². The van der Waals surface area contributed by atoms with Crippen LogP contribution in [0.25, 0.3) is 0 Å². The minimum Gasteiger partial charge on any atom is -0.490 e.